The molecule has 2 heterocycles. The largest absolute Gasteiger partial charge is 0.334 e. The van der Waals surface area contributed by atoms with Gasteiger partial charge in [-0.3, -0.25) is 9.69 Å². The van der Waals surface area contributed by atoms with Crippen LogP contribution >= 0.6 is 0 Å². The number of fused-ring (bicyclic) bond motifs is 1. The number of aromatic nitrogens is 2. The molecule has 0 aliphatic carbocycles. The standard InChI is InChI=1S/C31H33FN4O/c1-23(2)35(31(37)19-24-9-5-3-6-10-24)22-29-28-21-34(20-25-11-7-4-8-12-25)18-17-30(28)36(33-29)27-15-13-26(32)14-16-27/h3-16,23H,17-22H2,1-2H3. The molecule has 37 heavy (non-hydrogen) atoms. The summed E-state index contributed by atoms with van der Waals surface area (Å²) in [5.41, 5.74) is 6.35. The Morgan fingerprint density at radius 1 is 0.946 bits per heavy atom. The van der Waals surface area contributed by atoms with Gasteiger partial charge in [0.05, 0.1) is 30.0 Å². The van der Waals surface area contributed by atoms with Crippen LogP contribution in [0.2, 0.25) is 0 Å². The first-order valence-electron chi connectivity index (χ1n) is 12.9. The molecule has 190 valence electrons. The number of carbonyl (C=O) groups excluding carboxylic acids is 1. The molecular formula is C31H33FN4O. The van der Waals surface area contributed by atoms with Crippen molar-refractivity contribution in [1.29, 1.82) is 0 Å². The van der Waals surface area contributed by atoms with E-state index in [0.717, 1.165) is 48.7 Å². The van der Waals surface area contributed by atoms with Crippen molar-refractivity contribution in [2.75, 3.05) is 6.54 Å². The van der Waals surface area contributed by atoms with E-state index in [-0.39, 0.29) is 17.8 Å². The summed E-state index contributed by atoms with van der Waals surface area (Å²) in [7, 11) is 0. The maximum atomic E-state index is 13.7. The molecule has 0 unspecified atom stereocenters. The summed E-state index contributed by atoms with van der Waals surface area (Å²) >= 11 is 0. The van der Waals surface area contributed by atoms with Crippen LogP contribution in [0, 0.1) is 5.82 Å². The second kappa shape index (κ2) is 11.1. The molecule has 3 aromatic carbocycles. The number of hydrogen-bond acceptors (Lipinski definition) is 3. The van der Waals surface area contributed by atoms with E-state index in [9.17, 15) is 9.18 Å². The molecule has 0 saturated carbocycles. The summed E-state index contributed by atoms with van der Waals surface area (Å²) in [6.45, 7) is 7.08. The van der Waals surface area contributed by atoms with Gasteiger partial charge in [0.15, 0.2) is 0 Å². The van der Waals surface area contributed by atoms with Crippen LogP contribution in [0.25, 0.3) is 5.69 Å². The van der Waals surface area contributed by atoms with Crippen molar-refractivity contribution in [3.05, 3.63) is 119 Å². The fourth-order valence-electron chi connectivity index (χ4n) is 5.03. The third kappa shape index (κ3) is 5.81. The van der Waals surface area contributed by atoms with Crippen molar-refractivity contribution in [1.82, 2.24) is 19.6 Å². The molecule has 1 aliphatic heterocycles. The molecule has 4 aromatic rings. The van der Waals surface area contributed by atoms with Gasteiger partial charge in [-0.15, -0.1) is 0 Å². The van der Waals surface area contributed by atoms with Gasteiger partial charge in [0.2, 0.25) is 5.91 Å². The van der Waals surface area contributed by atoms with Gasteiger partial charge in [-0.2, -0.15) is 5.10 Å². The van der Waals surface area contributed by atoms with Crippen molar-refractivity contribution < 1.29 is 9.18 Å². The van der Waals surface area contributed by atoms with Crippen LogP contribution < -0.4 is 0 Å². The van der Waals surface area contributed by atoms with E-state index >= 15 is 0 Å². The van der Waals surface area contributed by atoms with Crippen LogP contribution in [0.5, 0.6) is 0 Å². The fourth-order valence-corrected chi connectivity index (χ4v) is 5.03. The van der Waals surface area contributed by atoms with Crippen LogP contribution in [0.15, 0.2) is 84.9 Å². The highest BCUT2D eigenvalue weighted by Gasteiger charge is 2.28. The third-order valence-electron chi connectivity index (χ3n) is 7.00. The van der Waals surface area contributed by atoms with Gasteiger partial charge in [-0.1, -0.05) is 60.7 Å². The normalized spacial score (nSPS) is 13.5. The number of hydrogen-bond donors (Lipinski definition) is 0. The van der Waals surface area contributed by atoms with Crippen molar-refractivity contribution in [3.8, 4) is 5.69 Å². The molecule has 6 heteroatoms. The molecule has 0 spiro atoms. The van der Waals surface area contributed by atoms with Gasteiger partial charge in [-0.25, -0.2) is 9.07 Å². The Kier molecular flexibility index (Phi) is 7.47. The number of benzene rings is 3. The van der Waals surface area contributed by atoms with Gasteiger partial charge in [0.25, 0.3) is 0 Å². The molecule has 1 amide bonds. The minimum atomic E-state index is -0.267. The minimum absolute atomic E-state index is 0.0341. The summed E-state index contributed by atoms with van der Waals surface area (Å²) in [4.78, 5) is 17.7. The van der Waals surface area contributed by atoms with E-state index in [1.165, 1.54) is 23.3 Å². The zero-order valence-corrected chi connectivity index (χ0v) is 21.5. The SMILES string of the molecule is CC(C)N(Cc1nn(-c2ccc(F)cc2)c2c1CN(Cc1ccccc1)CC2)C(=O)Cc1ccccc1. The lowest BCUT2D eigenvalue weighted by atomic mass is 10.0. The maximum Gasteiger partial charge on any atom is 0.227 e. The predicted molar refractivity (Wildman–Crippen MR) is 144 cm³/mol. The fraction of sp³-hybridized carbons (Fsp3) is 0.290. The second-order valence-electron chi connectivity index (χ2n) is 9.98. The molecule has 1 aliphatic rings. The lowest BCUT2D eigenvalue weighted by Gasteiger charge is -2.29. The number of rotatable bonds is 8. The number of carbonyl (C=O) groups is 1. The second-order valence-corrected chi connectivity index (χ2v) is 9.98. The molecule has 1 aromatic heterocycles. The summed E-state index contributed by atoms with van der Waals surface area (Å²) in [6.07, 6.45) is 1.20. The first-order valence-corrected chi connectivity index (χ1v) is 12.9. The molecule has 0 atom stereocenters. The Labute approximate surface area is 218 Å². The molecule has 0 fully saturated rings. The van der Waals surface area contributed by atoms with E-state index in [2.05, 4.69) is 29.2 Å². The predicted octanol–water partition coefficient (Wildman–Crippen LogP) is 5.55. The Morgan fingerprint density at radius 2 is 1.59 bits per heavy atom. The number of nitrogens with zero attached hydrogens (tertiary/aromatic N) is 4. The average molecular weight is 497 g/mol. The number of halogens is 1. The Hall–Kier alpha value is -3.77. The van der Waals surface area contributed by atoms with Crippen molar-refractivity contribution in [3.63, 3.8) is 0 Å². The van der Waals surface area contributed by atoms with E-state index in [0.29, 0.717) is 13.0 Å². The smallest absolute Gasteiger partial charge is 0.227 e. The van der Waals surface area contributed by atoms with Gasteiger partial charge in [-0.05, 0) is 49.2 Å². The van der Waals surface area contributed by atoms with Crippen molar-refractivity contribution in [2.24, 2.45) is 0 Å². The third-order valence-corrected chi connectivity index (χ3v) is 7.00. The van der Waals surface area contributed by atoms with Gasteiger partial charge < -0.3 is 4.90 Å². The van der Waals surface area contributed by atoms with Crippen molar-refractivity contribution in [2.45, 2.75) is 52.4 Å². The molecule has 0 N–H and O–H groups in total. The van der Waals surface area contributed by atoms with E-state index in [4.69, 9.17) is 5.10 Å². The first kappa shape index (κ1) is 24.9. The lowest BCUT2D eigenvalue weighted by Crippen LogP contribution is -2.38. The van der Waals surface area contributed by atoms with Gasteiger partial charge in [0.1, 0.15) is 5.82 Å². The molecule has 5 nitrogen and oxygen atoms in total. The highest BCUT2D eigenvalue weighted by Crippen LogP contribution is 2.28. The molecule has 0 saturated heterocycles. The molecular weight excluding hydrogens is 463 g/mol. The van der Waals surface area contributed by atoms with Crippen LogP contribution in [-0.4, -0.2) is 38.1 Å². The summed E-state index contributed by atoms with van der Waals surface area (Å²) in [5, 5.41) is 5.02. The Balaban J connectivity index is 1.46. The Bertz CT molecular complexity index is 1330. The van der Waals surface area contributed by atoms with Crippen LogP contribution in [0.1, 0.15) is 41.9 Å². The molecule has 0 bridgehead atoms. The van der Waals surface area contributed by atoms with Gasteiger partial charge in [0, 0.05) is 37.7 Å². The first-order chi connectivity index (χ1) is 18.0. The summed E-state index contributed by atoms with van der Waals surface area (Å²) in [5.74, 6) is -0.181. The quantitative estimate of drug-likeness (QED) is 0.321. The topological polar surface area (TPSA) is 41.4 Å². The monoisotopic (exact) mass is 496 g/mol. The Morgan fingerprint density at radius 3 is 2.24 bits per heavy atom. The van der Waals surface area contributed by atoms with Crippen LogP contribution in [0.3, 0.4) is 0 Å². The van der Waals surface area contributed by atoms with Gasteiger partial charge >= 0.3 is 0 Å². The van der Waals surface area contributed by atoms with E-state index in [1.54, 1.807) is 12.1 Å². The highest BCUT2D eigenvalue weighted by atomic mass is 19.1. The van der Waals surface area contributed by atoms with Crippen molar-refractivity contribution >= 4 is 5.91 Å². The average Bonchev–Trinajstić information content (AvgIpc) is 3.26. The molecule has 5 rings (SSSR count). The maximum absolute atomic E-state index is 13.7. The zero-order chi connectivity index (χ0) is 25.8. The minimum Gasteiger partial charge on any atom is -0.334 e. The summed E-state index contributed by atoms with van der Waals surface area (Å²) < 4.78 is 15.6. The van der Waals surface area contributed by atoms with Crippen LogP contribution in [-0.2, 0) is 37.3 Å². The summed E-state index contributed by atoms with van der Waals surface area (Å²) in [6, 6.07) is 26.9. The van der Waals surface area contributed by atoms with E-state index < -0.39 is 0 Å². The van der Waals surface area contributed by atoms with Crippen LogP contribution in [0.4, 0.5) is 4.39 Å². The number of amides is 1. The zero-order valence-electron chi connectivity index (χ0n) is 21.5. The molecule has 0 radical (unpaired) electrons. The highest BCUT2D eigenvalue weighted by molar-refractivity contribution is 5.79. The van der Waals surface area contributed by atoms with E-state index in [1.807, 2.05) is 59.8 Å². The lowest BCUT2D eigenvalue weighted by molar-refractivity contribution is -0.132.